The van der Waals surface area contributed by atoms with Crippen molar-refractivity contribution in [2.45, 2.75) is 6.18 Å². The first kappa shape index (κ1) is 14.0. The number of methoxy groups -OCH3 is 2. The summed E-state index contributed by atoms with van der Waals surface area (Å²) in [5.74, 6) is 0.734. The minimum absolute atomic E-state index is 0.222. The molecule has 20 heavy (non-hydrogen) atoms. The SMILES string of the molecule is COc1cc(N)c(-n2cc(C(F)(F)F)cn2)cc1OC. The number of nitrogen functional groups attached to an aromatic ring is 1. The number of aromatic nitrogens is 2. The van der Waals surface area contributed by atoms with Gasteiger partial charge in [0.25, 0.3) is 0 Å². The van der Waals surface area contributed by atoms with Crippen molar-refractivity contribution in [2.24, 2.45) is 0 Å². The summed E-state index contributed by atoms with van der Waals surface area (Å²) in [6.45, 7) is 0. The number of hydrogen-bond acceptors (Lipinski definition) is 4. The highest BCUT2D eigenvalue weighted by atomic mass is 19.4. The van der Waals surface area contributed by atoms with Crippen molar-refractivity contribution in [2.75, 3.05) is 20.0 Å². The molecule has 0 unspecified atom stereocenters. The van der Waals surface area contributed by atoms with Crippen molar-refractivity contribution in [3.05, 3.63) is 30.1 Å². The zero-order chi connectivity index (χ0) is 14.9. The van der Waals surface area contributed by atoms with Crippen LogP contribution in [0.15, 0.2) is 24.5 Å². The molecule has 2 rings (SSSR count). The number of halogens is 3. The fourth-order valence-electron chi connectivity index (χ4n) is 1.68. The summed E-state index contributed by atoms with van der Waals surface area (Å²) < 4.78 is 48.8. The Morgan fingerprint density at radius 3 is 2.25 bits per heavy atom. The molecule has 0 aliphatic carbocycles. The molecular weight excluding hydrogens is 275 g/mol. The van der Waals surface area contributed by atoms with Crippen LogP contribution in [-0.2, 0) is 6.18 Å². The van der Waals surface area contributed by atoms with E-state index in [2.05, 4.69) is 5.10 Å². The second-order valence-electron chi connectivity index (χ2n) is 3.94. The highest BCUT2D eigenvalue weighted by Crippen LogP contribution is 2.35. The topological polar surface area (TPSA) is 62.3 Å². The number of benzene rings is 1. The summed E-state index contributed by atoms with van der Waals surface area (Å²) in [6, 6.07) is 2.92. The Balaban J connectivity index is 2.50. The van der Waals surface area contributed by atoms with E-state index in [0.717, 1.165) is 17.1 Å². The summed E-state index contributed by atoms with van der Waals surface area (Å²) in [5.41, 5.74) is 5.44. The van der Waals surface area contributed by atoms with Gasteiger partial charge in [-0.25, -0.2) is 4.68 Å². The Morgan fingerprint density at radius 2 is 1.75 bits per heavy atom. The molecule has 0 aliphatic rings. The molecule has 0 amide bonds. The third kappa shape index (κ3) is 2.49. The van der Waals surface area contributed by atoms with Crippen molar-refractivity contribution < 1.29 is 22.6 Å². The van der Waals surface area contributed by atoms with Crippen LogP contribution in [0.5, 0.6) is 11.5 Å². The molecular formula is C12H12F3N3O2. The van der Waals surface area contributed by atoms with E-state index in [-0.39, 0.29) is 11.4 Å². The predicted molar refractivity (Wildman–Crippen MR) is 66.1 cm³/mol. The van der Waals surface area contributed by atoms with E-state index in [4.69, 9.17) is 15.2 Å². The van der Waals surface area contributed by atoms with Crippen LogP contribution in [0.2, 0.25) is 0 Å². The average Bonchev–Trinajstić information content (AvgIpc) is 2.87. The van der Waals surface area contributed by atoms with Gasteiger partial charge in [-0.2, -0.15) is 18.3 Å². The van der Waals surface area contributed by atoms with E-state index in [1.165, 1.54) is 26.4 Å². The first-order valence-corrected chi connectivity index (χ1v) is 5.50. The lowest BCUT2D eigenvalue weighted by Crippen LogP contribution is -2.04. The van der Waals surface area contributed by atoms with Crippen LogP contribution in [0.1, 0.15) is 5.56 Å². The van der Waals surface area contributed by atoms with Crippen molar-refractivity contribution in [1.82, 2.24) is 9.78 Å². The van der Waals surface area contributed by atoms with E-state index >= 15 is 0 Å². The van der Waals surface area contributed by atoms with E-state index in [1.54, 1.807) is 0 Å². The third-order valence-corrected chi connectivity index (χ3v) is 2.69. The summed E-state index contributed by atoms with van der Waals surface area (Å²) in [6.07, 6.45) is -2.86. The van der Waals surface area contributed by atoms with E-state index in [0.29, 0.717) is 11.5 Å². The number of anilines is 1. The molecule has 1 aromatic carbocycles. The molecule has 108 valence electrons. The Morgan fingerprint density at radius 1 is 1.15 bits per heavy atom. The fraction of sp³-hybridized carbons (Fsp3) is 0.250. The molecule has 5 nitrogen and oxygen atoms in total. The van der Waals surface area contributed by atoms with E-state index in [9.17, 15) is 13.2 Å². The van der Waals surface area contributed by atoms with Crippen LogP contribution in [0.3, 0.4) is 0 Å². The predicted octanol–water partition coefficient (Wildman–Crippen LogP) is 2.49. The van der Waals surface area contributed by atoms with Gasteiger partial charge in [-0.3, -0.25) is 0 Å². The van der Waals surface area contributed by atoms with Gasteiger partial charge in [0.1, 0.15) is 0 Å². The van der Waals surface area contributed by atoms with Crippen molar-refractivity contribution in [3.8, 4) is 17.2 Å². The van der Waals surface area contributed by atoms with Crippen LogP contribution >= 0.6 is 0 Å². The minimum atomic E-state index is -4.45. The molecule has 1 aromatic heterocycles. The van der Waals surface area contributed by atoms with E-state index < -0.39 is 11.7 Å². The number of hydrogen-bond donors (Lipinski definition) is 1. The van der Waals surface area contributed by atoms with Gasteiger partial charge in [-0.05, 0) is 0 Å². The molecule has 0 fully saturated rings. The zero-order valence-corrected chi connectivity index (χ0v) is 10.7. The molecule has 2 aromatic rings. The van der Waals surface area contributed by atoms with Crippen LogP contribution in [0, 0.1) is 0 Å². The summed E-state index contributed by atoms with van der Waals surface area (Å²) >= 11 is 0. The lowest BCUT2D eigenvalue weighted by atomic mass is 10.2. The third-order valence-electron chi connectivity index (χ3n) is 2.69. The highest BCUT2D eigenvalue weighted by Gasteiger charge is 2.32. The van der Waals surface area contributed by atoms with Crippen molar-refractivity contribution >= 4 is 5.69 Å². The molecule has 0 saturated heterocycles. The second-order valence-corrected chi connectivity index (χ2v) is 3.94. The van der Waals surface area contributed by atoms with Crippen LogP contribution in [0.25, 0.3) is 5.69 Å². The zero-order valence-electron chi connectivity index (χ0n) is 10.7. The number of rotatable bonds is 3. The molecule has 0 atom stereocenters. The molecule has 0 spiro atoms. The second kappa shape index (κ2) is 4.95. The van der Waals surface area contributed by atoms with Crippen molar-refractivity contribution in [3.63, 3.8) is 0 Å². The maximum Gasteiger partial charge on any atom is 0.419 e. The lowest BCUT2D eigenvalue weighted by Gasteiger charge is -2.12. The number of ether oxygens (including phenoxy) is 2. The molecule has 0 bridgehead atoms. The van der Waals surface area contributed by atoms with Crippen LogP contribution in [-0.4, -0.2) is 24.0 Å². The average molecular weight is 287 g/mol. The summed E-state index contributed by atoms with van der Waals surface area (Å²) in [7, 11) is 2.86. The molecule has 0 saturated carbocycles. The Hall–Kier alpha value is -2.38. The maximum absolute atomic E-state index is 12.6. The molecule has 0 radical (unpaired) electrons. The first-order chi connectivity index (χ1) is 9.36. The number of nitrogens with zero attached hydrogens (tertiary/aromatic N) is 2. The number of nitrogens with two attached hydrogens (primary N) is 1. The van der Waals surface area contributed by atoms with Crippen LogP contribution in [0.4, 0.5) is 18.9 Å². The quantitative estimate of drug-likeness (QED) is 0.881. The highest BCUT2D eigenvalue weighted by molar-refractivity contribution is 5.65. The normalized spacial score (nSPS) is 11.4. The first-order valence-electron chi connectivity index (χ1n) is 5.50. The van der Waals surface area contributed by atoms with Gasteiger partial charge in [-0.1, -0.05) is 0 Å². The number of alkyl halides is 3. The molecule has 8 heteroatoms. The Bertz CT molecular complexity index is 623. The minimum Gasteiger partial charge on any atom is -0.493 e. The van der Waals surface area contributed by atoms with Gasteiger partial charge in [0.2, 0.25) is 0 Å². The molecule has 1 heterocycles. The Labute approximate surface area is 112 Å². The van der Waals surface area contributed by atoms with E-state index in [1.807, 2.05) is 0 Å². The molecule has 2 N–H and O–H groups in total. The fourth-order valence-corrected chi connectivity index (χ4v) is 1.68. The van der Waals surface area contributed by atoms with Crippen molar-refractivity contribution in [1.29, 1.82) is 0 Å². The van der Waals surface area contributed by atoms with Gasteiger partial charge in [0, 0.05) is 18.3 Å². The largest absolute Gasteiger partial charge is 0.493 e. The Kier molecular flexibility index (Phi) is 3.47. The summed E-state index contributed by atoms with van der Waals surface area (Å²) in [5, 5.41) is 3.66. The van der Waals surface area contributed by atoms with Gasteiger partial charge in [-0.15, -0.1) is 0 Å². The van der Waals surface area contributed by atoms with Gasteiger partial charge in [0.05, 0.1) is 37.4 Å². The van der Waals surface area contributed by atoms with Gasteiger partial charge in [0.15, 0.2) is 11.5 Å². The van der Waals surface area contributed by atoms with Gasteiger partial charge >= 0.3 is 6.18 Å². The smallest absolute Gasteiger partial charge is 0.419 e. The summed E-state index contributed by atoms with van der Waals surface area (Å²) in [4.78, 5) is 0. The monoisotopic (exact) mass is 287 g/mol. The molecule has 0 aliphatic heterocycles. The van der Waals surface area contributed by atoms with Gasteiger partial charge < -0.3 is 15.2 Å². The maximum atomic E-state index is 12.6. The lowest BCUT2D eigenvalue weighted by molar-refractivity contribution is -0.137. The standard InChI is InChI=1S/C12H12F3N3O2/c1-19-10-3-8(16)9(4-11(10)20-2)18-6-7(5-17-18)12(13,14)15/h3-6H,16H2,1-2H3. The van der Waals surface area contributed by atoms with Crippen LogP contribution < -0.4 is 15.2 Å².